The highest BCUT2D eigenvalue weighted by molar-refractivity contribution is 5.70. The van der Waals surface area contributed by atoms with Gasteiger partial charge in [-0.05, 0) is 35.9 Å². The Bertz CT molecular complexity index is 386. The molecule has 3 nitrogen and oxygen atoms in total. The summed E-state index contributed by atoms with van der Waals surface area (Å²) in [6, 6.07) is 7.79. The fourth-order valence-electron chi connectivity index (χ4n) is 2.03. The van der Waals surface area contributed by atoms with Crippen LogP contribution in [-0.4, -0.2) is 17.6 Å². The molecule has 1 aliphatic carbocycles. The first-order chi connectivity index (χ1) is 8.15. The molecule has 17 heavy (non-hydrogen) atoms. The summed E-state index contributed by atoms with van der Waals surface area (Å²) in [4.78, 5) is 10.5. The molecule has 0 radical (unpaired) electrons. The second-order valence-electron chi connectivity index (χ2n) is 4.99. The molecule has 0 aliphatic heterocycles. The lowest BCUT2D eigenvalue weighted by Gasteiger charge is -2.05. The van der Waals surface area contributed by atoms with Crippen LogP contribution in [0.5, 0.6) is 0 Å². The van der Waals surface area contributed by atoms with Gasteiger partial charge in [-0.25, -0.2) is 0 Å². The minimum Gasteiger partial charge on any atom is -0.481 e. The number of benzene rings is 1. The van der Waals surface area contributed by atoms with Crippen molar-refractivity contribution in [3.8, 4) is 0 Å². The molecular weight excluding hydrogens is 214 g/mol. The van der Waals surface area contributed by atoms with Gasteiger partial charge in [0.15, 0.2) is 0 Å². The van der Waals surface area contributed by atoms with E-state index in [0.29, 0.717) is 0 Å². The van der Waals surface area contributed by atoms with Gasteiger partial charge in [0.1, 0.15) is 0 Å². The number of aliphatic carboxylic acids is 1. The molecule has 0 saturated heterocycles. The van der Waals surface area contributed by atoms with E-state index >= 15 is 0 Å². The first kappa shape index (κ1) is 12.1. The lowest BCUT2D eigenvalue weighted by molar-refractivity contribution is -0.136. The Morgan fingerprint density at radius 1 is 1.35 bits per heavy atom. The van der Waals surface area contributed by atoms with Gasteiger partial charge >= 0.3 is 5.97 Å². The van der Waals surface area contributed by atoms with Crippen molar-refractivity contribution in [2.24, 2.45) is 11.8 Å². The minimum atomic E-state index is -0.779. The second kappa shape index (κ2) is 5.32. The average Bonchev–Trinajstić information content (AvgIpc) is 2.96. The highest BCUT2D eigenvalue weighted by Crippen LogP contribution is 2.36. The molecule has 0 aromatic heterocycles. The summed E-state index contributed by atoms with van der Waals surface area (Å²) in [5.74, 6) is 0.973. The zero-order chi connectivity index (χ0) is 12.3. The molecule has 1 aliphatic rings. The lowest BCUT2D eigenvalue weighted by Crippen LogP contribution is -2.16. The molecule has 1 fully saturated rings. The molecule has 2 unspecified atom stereocenters. The normalized spacial score (nSPS) is 22.4. The summed E-state index contributed by atoms with van der Waals surface area (Å²) in [6.07, 6.45) is 1.46. The molecule has 2 rings (SSSR count). The van der Waals surface area contributed by atoms with Gasteiger partial charge in [-0.1, -0.05) is 31.2 Å². The number of hydrogen-bond acceptors (Lipinski definition) is 2. The Balaban J connectivity index is 1.75. The van der Waals surface area contributed by atoms with Crippen molar-refractivity contribution in [2.45, 2.75) is 26.3 Å². The second-order valence-corrected chi connectivity index (χ2v) is 4.99. The maximum absolute atomic E-state index is 10.5. The van der Waals surface area contributed by atoms with Gasteiger partial charge in [-0.3, -0.25) is 4.79 Å². The predicted molar refractivity (Wildman–Crippen MR) is 66.8 cm³/mol. The fraction of sp³-hybridized carbons (Fsp3) is 0.500. The van der Waals surface area contributed by atoms with Crippen LogP contribution in [0.4, 0.5) is 0 Å². The molecule has 1 aromatic rings. The number of rotatable bonds is 6. The van der Waals surface area contributed by atoms with Crippen molar-refractivity contribution in [1.82, 2.24) is 5.32 Å². The van der Waals surface area contributed by atoms with Crippen LogP contribution >= 0.6 is 0 Å². The van der Waals surface area contributed by atoms with Crippen LogP contribution in [0, 0.1) is 11.8 Å². The highest BCUT2D eigenvalue weighted by Gasteiger charge is 2.31. The van der Waals surface area contributed by atoms with E-state index in [1.54, 1.807) is 0 Å². The molecule has 2 atom stereocenters. The van der Waals surface area contributed by atoms with E-state index in [2.05, 4.69) is 12.2 Å². The maximum Gasteiger partial charge on any atom is 0.307 e. The third-order valence-electron chi connectivity index (χ3n) is 3.39. The Kier molecular flexibility index (Phi) is 3.79. The van der Waals surface area contributed by atoms with E-state index in [-0.39, 0.29) is 6.42 Å². The zero-order valence-corrected chi connectivity index (χ0v) is 10.1. The first-order valence-electron chi connectivity index (χ1n) is 6.15. The van der Waals surface area contributed by atoms with Gasteiger partial charge in [0.25, 0.3) is 0 Å². The number of carboxylic acid groups (broad SMARTS) is 1. The van der Waals surface area contributed by atoms with E-state index in [4.69, 9.17) is 5.11 Å². The van der Waals surface area contributed by atoms with Gasteiger partial charge in [-0.15, -0.1) is 0 Å². The number of hydrogen-bond donors (Lipinski definition) is 2. The van der Waals surface area contributed by atoms with Crippen molar-refractivity contribution in [3.63, 3.8) is 0 Å². The van der Waals surface area contributed by atoms with Gasteiger partial charge in [0, 0.05) is 6.54 Å². The van der Waals surface area contributed by atoms with Crippen molar-refractivity contribution in [2.75, 3.05) is 6.54 Å². The quantitative estimate of drug-likeness (QED) is 0.790. The smallest absolute Gasteiger partial charge is 0.307 e. The van der Waals surface area contributed by atoms with E-state index < -0.39 is 5.97 Å². The minimum absolute atomic E-state index is 0.104. The van der Waals surface area contributed by atoms with Crippen LogP contribution in [0.3, 0.4) is 0 Å². The summed E-state index contributed by atoms with van der Waals surface area (Å²) in [6.45, 7) is 4.25. The summed E-state index contributed by atoms with van der Waals surface area (Å²) in [5.41, 5.74) is 2.07. The van der Waals surface area contributed by atoms with Gasteiger partial charge in [0.05, 0.1) is 6.42 Å². The fourth-order valence-corrected chi connectivity index (χ4v) is 2.03. The Morgan fingerprint density at radius 3 is 2.47 bits per heavy atom. The van der Waals surface area contributed by atoms with Crippen LogP contribution in [-0.2, 0) is 17.8 Å². The molecule has 0 bridgehead atoms. The van der Waals surface area contributed by atoms with Crippen LogP contribution in [0.25, 0.3) is 0 Å². The Labute approximate surface area is 102 Å². The average molecular weight is 233 g/mol. The molecule has 1 aromatic carbocycles. The van der Waals surface area contributed by atoms with Crippen LogP contribution < -0.4 is 5.32 Å². The van der Waals surface area contributed by atoms with E-state index in [9.17, 15) is 4.79 Å². The summed E-state index contributed by atoms with van der Waals surface area (Å²) in [7, 11) is 0. The third-order valence-corrected chi connectivity index (χ3v) is 3.39. The topological polar surface area (TPSA) is 49.3 Å². The SMILES string of the molecule is CC1CC1CNCc1ccc(CC(=O)O)cc1. The third kappa shape index (κ3) is 3.86. The Morgan fingerprint density at radius 2 is 1.94 bits per heavy atom. The van der Waals surface area contributed by atoms with E-state index in [1.165, 1.54) is 12.0 Å². The van der Waals surface area contributed by atoms with Gasteiger partial charge < -0.3 is 10.4 Å². The van der Waals surface area contributed by atoms with Crippen LogP contribution in [0.15, 0.2) is 24.3 Å². The summed E-state index contributed by atoms with van der Waals surface area (Å²) >= 11 is 0. The first-order valence-corrected chi connectivity index (χ1v) is 6.15. The highest BCUT2D eigenvalue weighted by atomic mass is 16.4. The number of nitrogens with one attached hydrogen (secondary N) is 1. The molecule has 2 N–H and O–H groups in total. The predicted octanol–water partition coefficient (Wildman–Crippen LogP) is 2.06. The van der Waals surface area contributed by atoms with E-state index in [0.717, 1.165) is 30.5 Å². The molecular formula is C14H19NO2. The molecule has 0 spiro atoms. The molecule has 0 heterocycles. The molecule has 0 amide bonds. The summed E-state index contributed by atoms with van der Waals surface area (Å²) < 4.78 is 0. The molecule has 1 saturated carbocycles. The summed E-state index contributed by atoms with van der Waals surface area (Å²) in [5, 5.41) is 12.1. The standard InChI is InChI=1S/C14H19NO2/c1-10-6-13(10)9-15-8-12-4-2-11(3-5-12)7-14(16)17/h2-5,10,13,15H,6-9H2,1H3,(H,16,17). The van der Waals surface area contributed by atoms with Crippen molar-refractivity contribution < 1.29 is 9.90 Å². The monoisotopic (exact) mass is 233 g/mol. The number of carbonyl (C=O) groups is 1. The van der Waals surface area contributed by atoms with Crippen LogP contribution in [0.2, 0.25) is 0 Å². The van der Waals surface area contributed by atoms with Crippen LogP contribution in [0.1, 0.15) is 24.5 Å². The maximum atomic E-state index is 10.5. The lowest BCUT2D eigenvalue weighted by atomic mass is 10.1. The van der Waals surface area contributed by atoms with Crippen molar-refractivity contribution >= 4 is 5.97 Å². The van der Waals surface area contributed by atoms with Gasteiger partial charge in [0.2, 0.25) is 0 Å². The molecule has 3 heteroatoms. The molecule has 92 valence electrons. The van der Waals surface area contributed by atoms with Gasteiger partial charge in [-0.2, -0.15) is 0 Å². The number of carboxylic acids is 1. The zero-order valence-electron chi connectivity index (χ0n) is 10.1. The van der Waals surface area contributed by atoms with Crippen molar-refractivity contribution in [3.05, 3.63) is 35.4 Å². The van der Waals surface area contributed by atoms with E-state index in [1.807, 2.05) is 24.3 Å². The largest absolute Gasteiger partial charge is 0.481 e. The Hall–Kier alpha value is -1.35. The van der Waals surface area contributed by atoms with Crippen molar-refractivity contribution in [1.29, 1.82) is 0 Å².